The lowest BCUT2D eigenvalue weighted by molar-refractivity contribution is -0.141. The molecule has 144 valence electrons. The summed E-state index contributed by atoms with van der Waals surface area (Å²) in [6.45, 7) is 3.99. The molecular formula is C22H27FN2O2. The number of amides is 2. The minimum atomic E-state index is -1.18. The maximum atomic E-state index is 13.6. The van der Waals surface area contributed by atoms with E-state index in [1.807, 2.05) is 18.2 Å². The van der Waals surface area contributed by atoms with Gasteiger partial charge in [-0.25, -0.2) is 4.39 Å². The van der Waals surface area contributed by atoms with Crippen molar-refractivity contribution in [3.05, 3.63) is 71.5 Å². The molecule has 0 bridgehead atoms. The Hall–Kier alpha value is -2.69. The molecule has 2 aromatic rings. The van der Waals surface area contributed by atoms with Gasteiger partial charge in [-0.2, -0.15) is 0 Å². The van der Waals surface area contributed by atoms with Crippen molar-refractivity contribution in [2.75, 3.05) is 13.1 Å². The fourth-order valence-corrected chi connectivity index (χ4v) is 2.70. The van der Waals surface area contributed by atoms with Crippen LogP contribution in [0.15, 0.2) is 54.6 Å². The predicted octanol–water partition coefficient (Wildman–Crippen LogP) is 3.26. The highest BCUT2D eigenvalue weighted by Crippen LogP contribution is 2.16. The largest absolute Gasteiger partial charge is 0.355 e. The van der Waals surface area contributed by atoms with E-state index in [2.05, 4.69) is 22.8 Å². The summed E-state index contributed by atoms with van der Waals surface area (Å²) in [6.07, 6.45) is 2.06. The number of hydrogen-bond donors (Lipinski definition) is 2. The summed E-state index contributed by atoms with van der Waals surface area (Å²) in [7, 11) is 0. The zero-order valence-corrected chi connectivity index (χ0v) is 15.9. The van der Waals surface area contributed by atoms with Gasteiger partial charge in [0.25, 0.3) is 0 Å². The molecule has 2 aromatic carbocycles. The molecule has 27 heavy (non-hydrogen) atoms. The van der Waals surface area contributed by atoms with Gasteiger partial charge in [0.2, 0.25) is 11.8 Å². The van der Waals surface area contributed by atoms with Crippen LogP contribution in [0.5, 0.6) is 0 Å². The van der Waals surface area contributed by atoms with Crippen molar-refractivity contribution >= 4 is 11.8 Å². The minimum Gasteiger partial charge on any atom is -0.355 e. The number of hydrogen-bond acceptors (Lipinski definition) is 2. The normalized spacial score (nSPS) is 11.1. The summed E-state index contributed by atoms with van der Waals surface area (Å²) >= 11 is 0. The molecule has 0 spiro atoms. The van der Waals surface area contributed by atoms with Crippen molar-refractivity contribution in [3.63, 3.8) is 0 Å². The van der Waals surface area contributed by atoms with E-state index in [0.29, 0.717) is 18.5 Å². The van der Waals surface area contributed by atoms with E-state index in [1.165, 1.54) is 11.6 Å². The van der Waals surface area contributed by atoms with Crippen molar-refractivity contribution in [2.24, 2.45) is 5.41 Å². The van der Waals surface area contributed by atoms with Gasteiger partial charge in [0, 0.05) is 13.1 Å². The van der Waals surface area contributed by atoms with Crippen LogP contribution in [0.25, 0.3) is 0 Å². The number of benzene rings is 2. The summed E-state index contributed by atoms with van der Waals surface area (Å²) < 4.78 is 13.6. The van der Waals surface area contributed by atoms with Crippen LogP contribution < -0.4 is 10.6 Å². The first-order valence-electron chi connectivity index (χ1n) is 9.25. The second kappa shape index (κ2) is 9.86. The smallest absolute Gasteiger partial charge is 0.235 e. The first-order chi connectivity index (χ1) is 12.9. The van der Waals surface area contributed by atoms with Gasteiger partial charge in [-0.15, -0.1) is 0 Å². The summed E-state index contributed by atoms with van der Waals surface area (Å²) in [5.74, 6) is -0.958. The fourth-order valence-electron chi connectivity index (χ4n) is 2.70. The molecule has 0 aromatic heterocycles. The SMILES string of the molecule is CC(C)(C(=O)NCCCc1ccccc1)C(=O)NCCc1ccccc1F. The molecule has 4 nitrogen and oxygen atoms in total. The molecule has 0 radical (unpaired) electrons. The third kappa shape index (κ3) is 6.20. The molecule has 0 aliphatic heterocycles. The molecule has 0 unspecified atom stereocenters. The van der Waals surface area contributed by atoms with Gasteiger partial charge in [0.1, 0.15) is 11.2 Å². The maximum absolute atomic E-state index is 13.6. The lowest BCUT2D eigenvalue weighted by atomic mass is 9.91. The zero-order chi connectivity index (χ0) is 19.7. The van der Waals surface area contributed by atoms with Crippen LogP contribution in [-0.4, -0.2) is 24.9 Å². The average molecular weight is 370 g/mol. The Bertz CT molecular complexity index is 760. The molecule has 0 aliphatic rings. The first-order valence-corrected chi connectivity index (χ1v) is 9.25. The maximum Gasteiger partial charge on any atom is 0.235 e. The molecule has 0 heterocycles. The third-order valence-corrected chi connectivity index (χ3v) is 4.54. The molecule has 0 aliphatic carbocycles. The number of halogens is 1. The van der Waals surface area contributed by atoms with E-state index in [0.717, 1.165) is 12.8 Å². The molecule has 2 rings (SSSR count). The highest BCUT2D eigenvalue weighted by molar-refractivity contribution is 6.04. The molecule has 0 fully saturated rings. The van der Waals surface area contributed by atoms with Crippen LogP contribution in [0.4, 0.5) is 4.39 Å². The monoisotopic (exact) mass is 370 g/mol. The first kappa shape index (κ1) is 20.6. The third-order valence-electron chi connectivity index (χ3n) is 4.54. The Labute approximate surface area is 160 Å². The van der Waals surface area contributed by atoms with Crippen LogP contribution in [0.2, 0.25) is 0 Å². The van der Waals surface area contributed by atoms with Gasteiger partial charge in [0.05, 0.1) is 0 Å². The number of carbonyl (C=O) groups is 2. The summed E-state index contributed by atoms with van der Waals surface area (Å²) in [4.78, 5) is 24.7. The molecule has 0 atom stereocenters. The van der Waals surface area contributed by atoms with Crippen LogP contribution in [0, 0.1) is 11.2 Å². The van der Waals surface area contributed by atoms with Gasteiger partial charge in [-0.1, -0.05) is 48.5 Å². The van der Waals surface area contributed by atoms with Crippen molar-refractivity contribution in [2.45, 2.75) is 33.1 Å². The second-order valence-corrected chi connectivity index (χ2v) is 7.07. The van der Waals surface area contributed by atoms with Gasteiger partial charge < -0.3 is 10.6 Å². The highest BCUT2D eigenvalue weighted by Gasteiger charge is 2.35. The lowest BCUT2D eigenvalue weighted by Gasteiger charge is -2.22. The van der Waals surface area contributed by atoms with Crippen molar-refractivity contribution in [1.29, 1.82) is 0 Å². The molecule has 0 saturated carbocycles. The van der Waals surface area contributed by atoms with E-state index < -0.39 is 5.41 Å². The highest BCUT2D eigenvalue weighted by atomic mass is 19.1. The van der Waals surface area contributed by atoms with Crippen molar-refractivity contribution in [1.82, 2.24) is 10.6 Å². The van der Waals surface area contributed by atoms with E-state index in [4.69, 9.17) is 0 Å². The van der Waals surface area contributed by atoms with Gasteiger partial charge in [-0.05, 0) is 50.3 Å². The van der Waals surface area contributed by atoms with Crippen LogP contribution in [0.1, 0.15) is 31.4 Å². The number of nitrogens with one attached hydrogen (secondary N) is 2. The summed E-state index contributed by atoms with van der Waals surface area (Å²) in [5, 5.41) is 5.56. The minimum absolute atomic E-state index is 0.282. The van der Waals surface area contributed by atoms with Crippen molar-refractivity contribution < 1.29 is 14.0 Å². The van der Waals surface area contributed by atoms with Crippen LogP contribution >= 0.6 is 0 Å². The Balaban J connectivity index is 1.73. The van der Waals surface area contributed by atoms with Crippen molar-refractivity contribution in [3.8, 4) is 0 Å². The van der Waals surface area contributed by atoms with Gasteiger partial charge in [0.15, 0.2) is 0 Å². The van der Waals surface area contributed by atoms with E-state index >= 15 is 0 Å². The number of rotatable bonds is 9. The quantitative estimate of drug-likeness (QED) is 0.526. The van der Waals surface area contributed by atoms with E-state index in [-0.39, 0.29) is 24.2 Å². The Morgan fingerprint density at radius 2 is 1.44 bits per heavy atom. The molecule has 2 amide bonds. The second-order valence-electron chi connectivity index (χ2n) is 7.07. The summed E-state index contributed by atoms with van der Waals surface area (Å²) in [5.41, 5.74) is 0.583. The van der Waals surface area contributed by atoms with Crippen LogP contribution in [0.3, 0.4) is 0 Å². The standard InChI is InChI=1S/C22H27FN2O2/c1-22(2,20(26)24-15-8-11-17-9-4-3-5-10-17)21(27)25-16-14-18-12-6-7-13-19(18)23/h3-7,9-10,12-13H,8,11,14-16H2,1-2H3,(H,24,26)(H,25,27). The van der Waals surface area contributed by atoms with Gasteiger partial charge >= 0.3 is 0 Å². The number of aryl methyl sites for hydroxylation is 1. The summed E-state index contributed by atoms with van der Waals surface area (Å²) in [6, 6.07) is 16.5. The molecular weight excluding hydrogens is 343 g/mol. The zero-order valence-electron chi connectivity index (χ0n) is 15.9. The fraction of sp³-hybridized carbons (Fsp3) is 0.364. The molecule has 2 N–H and O–H groups in total. The predicted molar refractivity (Wildman–Crippen MR) is 105 cm³/mol. The van der Waals surface area contributed by atoms with Gasteiger partial charge in [-0.3, -0.25) is 9.59 Å². The lowest BCUT2D eigenvalue weighted by Crippen LogP contribution is -2.48. The van der Waals surface area contributed by atoms with E-state index in [1.54, 1.807) is 32.0 Å². The number of carbonyl (C=O) groups excluding carboxylic acids is 2. The molecule has 5 heteroatoms. The van der Waals surface area contributed by atoms with Crippen LogP contribution in [-0.2, 0) is 22.4 Å². The topological polar surface area (TPSA) is 58.2 Å². The Morgan fingerprint density at radius 1 is 0.852 bits per heavy atom. The molecule has 0 saturated heterocycles. The average Bonchev–Trinajstić information content (AvgIpc) is 2.67. The Morgan fingerprint density at radius 3 is 2.11 bits per heavy atom. The van der Waals surface area contributed by atoms with E-state index in [9.17, 15) is 14.0 Å². The Kier molecular flexibility index (Phi) is 7.53.